The highest BCUT2D eigenvalue weighted by Crippen LogP contribution is 2.34. The molecule has 5 saturated heterocycles. The van der Waals surface area contributed by atoms with E-state index in [0.717, 1.165) is 6.92 Å². The third-order valence-corrected chi connectivity index (χ3v) is 10.7. The second kappa shape index (κ2) is 20.8. The Bertz CT molecular complexity index is 1320. The Morgan fingerprint density at radius 1 is 0.441 bits per heavy atom. The number of rotatable bonds is 14. The van der Waals surface area contributed by atoms with Crippen LogP contribution in [0.5, 0.6) is 0 Å². The number of carbonyl (C=O) groups is 1. The molecule has 5 fully saturated rings. The van der Waals surface area contributed by atoms with E-state index in [1.165, 1.54) is 0 Å². The molecule has 5 heterocycles. The summed E-state index contributed by atoms with van der Waals surface area (Å²) in [5.41, 5.74) is 0. The van der Waals surface area contributed by atoms with Crippen molar-refractivity contribution >= 4 is 5.91 Å². The summed E-state index contributed by atoms with van der Waals surface area (Å²) >= 11 is 0. The van der Waals surface area contributed by atoms with Gasteiger partial charge in [0.1, 0.15) is 122 Å². The summed E-state index contributed by atoms with van der Waals surface area (Å²) in [7, 11) is 0. The first kappa shape index (κ1) is 48.5. The first-order valence-electron chi connectivity index (χ1n) is 18.6. The van der Waals surface area contributed by atoms with E-state index in [1.807, 2.05) is 0 Å². The lowest BCUT2D eigenvalue weighted by atomic mass is 9.94. The van der Waals surface area contributed by atoms with Crippen LogP contribution < -0.4 is 5.32 Å². The predicted molar refractivity (Wildman–Crippen MR) is 178 cm³/mol. The van der Waals surface area contributed by atoms with Crippen molar-refractivity contribution in [3.05, 3.63) is 0 Å². The SMILES string of the molecule is CC(=O)N[C@H]1[C@H](O[C@H]2[C@H](O)[C@H](O)[C@@H](O[C@@H]3[C@H](O)[C@H](O)O[C@H](CO[C@H]4O[C@H](CO)[C@@H](O)[C@H](O)[C@@H]4O)[C@H]3O)O[C@@H]2CO)O[C@H](CO)[C@@H](O[C@@H]2O[C@H](CO)[C@H](O)[C@H](O)[C@H]2O)[C@@H]1O. The molecule has 0 radical (unpaired) electrons. The standard InChI is InChI=1S/C32H55NO26/c1-7(38)33-13-17(42)25(58-31-22(47)19(44)15(40)9(3-35)54-31)10(4-36)55-29(13)57-26-11(5-37)56-32(23(48)20(26)45)59-27-16(41)12(52-28(50)24(27)49)6-51-30-21(46)18(43)14(39)8(2-34)53-30/h8-32,34-37,39-50H,2-6H2,1H3,(H,33,38)/t8-,9-,10-,11-,12-,13-,14-,15+,16-,17-,18+,19+,20-,21+,22-,23+,24+,25-,26-,27+,28-,29+,30+,31+,32-/m1/s1. The molecule has 0 aromatic heterocycles. The lowest BCUT2D eigenvalue weighted by Crippen LogP contribution is -2.69. The number of amides is 1. The smallest absolute Gasteiger partial charge is 0.217 e. The molecule has 59 heavy (non-hydrogen) atoms. The van der Waals surface area contributed by atoms with Gasteiger partial charge in [-0.2, -0.15) is 0 Å². The average molecular weight is 870 g/mol. The summed E-state index contributed by atoms with van der Waals surface area (Å²) in [6.07, 6.45) is -43.4. The van der Waals surface area contributed by atoms with Crippen molar-refractivity contribution in [2.45, 2.75) is 160 Å². The molecular formula is C32H55NO26. The van der Waals surface area contributed by atoms with E-state index in [4.69, 9.17) is 42.6 Å². The number of hydrogen-bond acceptors (Lipinski definition) is 26. The Hall–Kier alpha value is -1.53. The van der Waals surface area contributed by atoms with Crippen molar-refractivity contribution in [1.82, 2.24) is 5.32 Å². The van der Waals surface area contributed by atoms with E-state index in [-0.39, 0.29) is 0 Å². The predicted octanol–water partition coefficient (Wildman–Crippen LogP) is -11.8. The highest BCUT2D eigenvalue weighted by Gasteiger charge is 2.56. The third kappa shape index (κ3) is 10.3. The first-order chi connectivity index (χ1) is 27.9. The Labute approximate surface area is 333 Å². The molecule has 0 spiro atoms. The van der Waals surface area contributed by atoms with Crippen LogP contribution in [0.2, 0.25) is 0 Å². The van der Waals surface area contributed by atoms with Gasteiger partial charge in [-0.3, -0.25) is 4.79 Å². The second-order valence-electron chi connectivity index (χ2n) is 14.7. The van der Waals surface area contributed by atoms with Crippen molar-refractivity contribution in [3.8, 4) is 0 Å². The van der Waals surface area contributed by atoms with E-state index in [9.17, 15) is 86.5 Å². The van der Waals surface area contributed by atoms with E-state index >= 15 is 0 Å². The summed E-state index contributed by atoms with van der Waals surface area (Å²) in [4.78, 5) is 12.2. The van der Waals surface area contributed by atoms with Crippen molar-refractivity contribution < 1.29 is 129 Å². The molecule has 25 atom stereocenters. The van der Waals surface area contributed by atoms with E-state index in [2.05, 4.69) is 5.32 Å². The van der Waals surface area contributed by atoms with E-state index in [1.54, 1.807) is 0 Å². The maximum absolute atomic E-state index is 12.2. The van der Waals surface area contributed by atoms with Gasteiger partial charge in [0.25, 0.3) is 0 Å². The molecule has 0 aliphatic carbocycles. The summed E-state index contributed by atoms with van der Waals surface area (Å²) in [5.74, 6) is -0.777. The lowest BCUT2D eigenvalue weighted by Gasteiger charge is -2.49. The second-order valence-corrected chi connectivity index (χ2v) is 14.7. The van der Waals surface area contributed by atoms with Crippen LogP contribution in [0, 0.1) is 0 Å². The molecule has 17 N–H and O–H groups in total. The van der Waals surface area contributed by atoms with Gasteiger partial charge in [-0.25, -0.2) is 0 Å². The highest BCUT2D eigenvalue weighted by atomic mass is 16.8. The summed E-state index contributed by atoms with van der Waals surface area (Å²) in [6, 6.07) is -1.64. The van der Waals surface area contributed by atoms with Crippen LogP contribution in [-0.4, -0.2) is 274 Å². The van der Waals surface area contributed by atoms with Gasteiger partial charge < -0.3 is 130 Å². The van der Waals surface area contributed by atoms with Crippen LogP contribution in [0.3, 0.4) is 0 Å². The van der Waals surface area contributed by atoms with Crippen molar-refractivity contribution in [3.63, 3.8) is 0 Å². The molecule has 27 nitrogen and oxygen atoms in total. The van der Waals surface area contributed by atoms with Crippen LogP contribution in [0.1, 0.15) is 6.92 Å². The van der Waals surface area contributed by atoms with Gasteiger partial charge >= 0.3 is 0 Å². The van der Waals surface area contributed by atoms with Gasteiger partial charge in [0, 0.05) is 6.92 Å². The molecular weight excluding hydrogens is 814 g/mol. The fourth-order valence-corrected chi connectivity index (χ4v) is 7.33. The topological polar surface area (TPSA) is 436 Å². The van der Waals surface area contributed by atoms with Crippen LogP contribution in [0.15, 0.2) is 0 Å². The molecule has 344 valence electrons. The molecule has 0 bridgehead atoms. The molecule has 0 aromatic carbocycles. The maximum Gasteiger partial charge on any atom is 0.217 e. The van der Waals surface area contributed by atoms with Gasteiger partial charge in [-0.15, -0.1) is 0 Å². The highest BCUT2D eigenvalue weighted by molar-refractivity contribution is 5.73. The van der Waals surface area contributed by atoms with Crippen LogP contribution in [0.25, 0.3) is 0 Å². The number of aliphatic hydroxyl groups excluding tert-OH is 16. The normalized spacial score (nSPS) is 51.0. The number of nitrogens with one attached hydrogen (secondary N) is 1. The number of carbonyl (C=O) groups excluding carboxylic acids is 1. The Balaban J connectivity index is 1.26. The molecule has 5 aliphatic heterocycles. The first-order valence-corrected chi connectivity index (χ1v) is 18.6. The molecule has 0 aromatic rings. The van der Waals surface area contributed by atoms with Crippen molar-refractivity contribution in [2.24, 2.45) is 0 Å². The van der Waals surface area contributed by atoms with E-state index in [0.29, 0.717) is 0 Å². The average Bonchev–Trinajstić information content (AvgIpc) is 3.21. The van der Waals surface area contributed by atoms with Crippen LogP contribution in [0.4, 0.5) is 0 Å². The fraction of sp³-hybridized carbons (Fsp3) is 0.969. The molecule has 0 unspecified atom stereocenters. The Morgan fingerprint density at radius 2 is 0.864 bits per heavy atom. The van der Waals surface area contributed by atoms with Gasteiger partial charge in [0.2, 0.25) is 5.91 Å². The molecule has 5 aliphatic rings. The Morgan fingerprint density at radius 3 is 1.39 bits per heavy atom. The minimum Gasteiger partial charge on any atom is -0.394 e. The zero-order valence-corrected chi connectivity index (χ0v) is 31.2. The van der Waals surface area contributed by atoms with Crippen molar-refractivity contribution in [2.75, 3.05) is 33.0 Å². The quantitative estimate of drug-likeness (QED) is 0.0770. The van der Waals surface area contributed by atoms with Gasteiger partial charge in [0.05, 0.1) is 33.0 Å². The number of aliphatic hydroxyl groups is 16. The number of ether oxygens (including phenoxy) is 9. The zero-order chi connectivity index (χ0) is 43.6. The summed E-state index contributed by atoms with van der Waals surface area (Å²) in [6.45, 7) is -3.21. The van der Waals surface area contributed by atoms with Gasteiger partial charge in [-0.1, -0.05) is 0 Å². The molecule has 5 rings (SSSR count). The summed E-state index contributed by atoms with van der Waals surface area (Å²) in [5, 5.41) is 169. The Kier molecular flexibility index (Phi) is 17.1. The molecule has 1 amide bonds. The minimum absolute atomic E-state index is 0.731. The molecule has 27 heteroatoms. The fourth-order valence-electron chi connectivity index (χ4n) is 7.33. The number of hydrogen-bond donors (Lipinski definition) is 17. The third-order valence-electron chi connectivity index (χ3n) is 10.7. The maximum atomic E-state index is 12.2. The lowest BCUT2D eigenvalue weighted by molar-refractivity contribution is -0.381. The molecule has 0 saturated carbocycles. The minimum atomic E-state index is -2.14. The monoisotopic (exact) mass is 869 g/mol. The zero-order valence-electron chi connectivity index (χ0n) is 31.2. The van der Waals surface area contributed by atoms with Gasteiger partial charge in [0.15, 0.2) is 31.5 Å². The summed E-state index contributed by atoms with van der Waals surface area (Å²) < 4.78 is 49.6. The van der Waals surface area contributed by atoms with Crippen LogP contribution >= 0.6 is 0 Å². The van der Waals surface area contributed by atoms with Gasteiger partial charge in [-0.05, 0) is 0 Å². The largest absolute Gasteiger partial charge is 0.394 e. The van der Waals surface area contributed by atoms with Crippen LogP contribution in [-0.2, 0) is 47.4 Å². The van der Waals surface area contributed by atoms with E-state index < -0.39 is 192 Å². The van der Waals surface area contributed by atoms with Crippen molar-refractivity contribution in [1.29, 1.82) is 0 Å².